The molecule has 1 aromatic carbocycles. The lowest BCUT2D eigenvalue weighted by atomic mass is 9.92. The Morgan fingerprint density at radius 3 is 2.36 bits per heavy atom. The minimum atomic E-state index is -1.32. The van der Waals surface area contributed by atoms with Crippen molar-refractivity contribution in [3.8, 4) is 5.75 Å². The van der Waals surface area contributed by atoms with Gasteiger partial charge in [0, 0.05) is 10.6 Å². The van der Waals surface area contributed by atoms with E-state index in [1.807, 2.05) is 0 Å². The smallest absolute Gasteiger partial charge is 0.166 e. The van der Waals surface area contributed by atoms with Crippen LogP contribution in [0.4, 0.5) is 4.39 Å². The molecule has 0 saturated carbocycles. The van der Waals surface area contributed by atoms with Gasteiger partial charge < -0.3 is 10.2 Å². The fourth-order valence-electron chi connectivity index (χ4n) is 1.45. The van der Waals surface area contributed by atoms with Crippen molar-refractivity contribution in [1.29, 1.82) is 0 Å². The summed E-state index contributed by atoms with van der Waals surface area (Å²) in [5, 5.41) is 19.4. The van der Waals surface area contributed by atoms with Gasteiger partial charge in [0.25, 0.3) is 0 Å². The van der Waals surface area contributed by atoms with Gasteiger partial charge in [0.2, 0.25) is 0 Å². The predicted molar refractivity (Wildman–Crippen MR) is 53.1 cm³/mol. The molecule has 0 radical (unpaired) electrons. The molecule has 4 heteroatoms. The van der Waals surface area contributed by atoms with Crippen LogP contribution in [0.25, 0.3) is 0 Å². The van der Waals surface area contributed by atoms with Crippen LogP contribution >= 0.6 is 11.6 Å². The third-order valence-electron chi connectivity index (χ3n) is 2.06. The van der Waals surface area contributed by atoms with E-state index < -0.39 is 17.2 Å². The van der Waals surface area contributed by atoms with Crippen LogP contribution in [0.5, 0.6) is 5.75 Å². The van der Waals surface area contributed by atoms with Crippen LogP contribution in [0.1, 0.15) is 25.0 Å². The lowest BCUT2D eigenvalue weighted by Crippen LogP contribution is -2.18. The average molecular weight is 219 g/mol. The predicted octanol–water partition coefficient (Wildman–Crippen LogP) is 2.72. The van der Waals surface area contributed by atoms with Crippen molar-refractivity contribution in [2.24, 2.45) is 0 Å². The Labute approximate surface area is 86.9 Å². The maximum Gasteiger partial charge on any atom is 0.166 e. The molecule has 0 aliphatic carbocycles. The molecule has 14 heavy (non-hydrogen) atoms. The summed E-state index contributed by atoms with van der Waals surface area (Å²) >= 11 is 5.73. The topological polar surface area (TPSA) is 40.5 Å². The molecule has 0 atom stereocenters. The molecule has 0 spiro atoms. The first kappa shape index (κ1) is 11.3. The summed E-state index contributed by atoms with van der Waals surface area (Å²) in [6, 6.07) is 1.03. The van der Waals surface area contributed by atoms with Crippen molar-refractivity contribution >= 4 is 11.6 Å². The summed E-state index contributed by atoms with van der Waals surface area (Å²) in [4.78, 5) is 0. The van der Waals surface area contributed by atoms with Crippen LogP contribution in [-0.2, 0) is 5.60 Å². The zero-order chi connectivity index (χ0) is 11.1. The van der Waals surface area contributed by atoms with Gasteiger partial charge in [-0.25, -0.2) is 4.39 Å². The van der Waals surface area contributed by atoms with Crippen molar-refractivity contribution < 1.29 is 14.6 Å². The molecule has 0 aliphatic rings. The summed E-state index contributed by atoms with van der Waals surface area (Å²) in [7, 11) is 0. The Morgan fingerprint density at radius 1 is 1.43 bits per heavy atom. The number of aromatic hydroxyl groups is 1. The molecule has 0 saturated heterocycles. The van der Waals surface area contributed by atoms with Crippen LogP contribution in [0.2, 0.25) is 5.02 Å². The molecule has 1 rings (SSSR count). The quantitative estimate of drug-likeness (QED) is 0.761. The van der Waals surface area contributed by atoms with Crippen molar-refractivity contribution in [3.63, 3.8) is 0 Å². The average Bonchev–Trinajstić information content (AvgIpc) is 1.98. The number of phenols is 1. The van der Waals surface area contributed by atoms with Crippen LogP contribution < -0.4 is 0 Å². The Bertz CT molecular complexity index is 343. The van der Waals surface area contributed by atoms with Crippen LogP contribution in [0.3, 0.4) is 0 Å². The summed E-state index contributed by atoms with van der Waals surface area (Å²) in [6.45, 7) is 4.55. The molecular formula is C10H12ClFO2. The van der Waals surface area contributed by atoms with Gasteiger partial charge in [0.05, 0.1) is 5.60 Å². The minimum absolute atomic E-state index is 0.127. The third kappa shape index (κ3) is 1.83. The third-order valence-corrected chi connectivity index (χ3v) is 2.45. The number of aliphatic hydroxyl groups is 1. The highest BCUT2D eigenvalue weighted by Gasteiger charge is 2.26. The molecule has 0 heterocycles. The summed E-state index contributed by atoms with van der Waals surface area (Å²) < 4.78 is 13.1. The van der Waals surface area contributed by atoms with E-state index in [0.717, 1.165) is 6.07 Å². The van der Waals surface area contributed by atoms with Gasteiger partial charge in [-0.1, -0.05) is 11.6 Å². The fraction of sp³-hybridized carbons (Fsp3) is 0.400. The van der Waals surface area contributed by atoms with Gasteiger partial charge in [-0.3, -0.25) is 0 Å². The molecular weight excluding hydrogens is 207 g/mol. The molecule has 0 amide bonds. The maximum absolute atomic E-state index is 13.1. The van der Waals surface area contributed by atoms with Gasteiger partial charge in [-0.2, -0.15) is 0 Å². The summed E-state index contributed by atoms with van der Waals surface area (Å²) in [5.41, 5.74) is -0.708. The van der Waals surface area contributed by atoms with E-state index >= 15 is 0 Å². The fourth-order valence-corrected chi connectivity index (χ4v) is 1.64. The van der Waals surface area contributed by atoms with Gasteiger partial charge in [0.15, 0.2) is 11.6 Å². The highest BCUT2D eigenvalue weighted by atomic mass is 35.5. The van der Waals surface area contributed by atoms with Crippen molar-refractivity contribution in [2.75, 3.05) is 0 Å². The number of rotatable bonds is 1. The molecule has 0 aliphatic heterocycles. The van der Waals surface area contributed by atoms with E-state index in [2.05, 4.69) is 0 Å². The van der Waals surface area contributed by atoms with E-state index in [0.29, 0.717) is 5.56 Å². The Kier molecular flexibility index (Phi) is 2.74. The Hall–Kier alpha value is -0.800. The van der Waals surface area contributed by atoms with Crippen molar-refractivity contribution in [1.82, 2.24) is 0 Å². The molecule has 0 fully saturated rings. The zero-order valence-corrected chi connectivity index (χ0v) is 8.98. The second-order valence-electron chi connectivity index (χ2n) is 3.75. The first-order valence-electron chi connectivity index (χ1n) is 4.15. The molecule has 0 bridgehead atoms. The van der Waals surface area contributed by atoms with Crippen LogP contribution in [0.15, 0.2) is 6.07 Å². The lowest BCUT2D eigenvalue weighted by molar-refractivity contribution is 0.0744. The Morgan fingerprint density at radius 2 is 1.93 bits per heavy atom. The highest BCUT2D eigenvalue weighted by Crippen LogP contribution is 2.37. The molecule has 0 aromatic heterocycles. The molecule has 1 aromatic rings. The second kappa shape index (κ2) is 3.41. The monoisotopic (exact) mass is 218 g/mol. The van der Waals surface area contributed by atoms with E-state index in [1.54, 1.807) is 6.92 Å². The maximum atomic E-state index is 13.1. The van der Waals surface area contributed by atoms with Crippen LogP contribution in [-0.4, -0.2) is 10.2 Å². The first-order valence-corrected chi connectivity index (χ1v) is 4.53. The molecule has 2 nitrogen and oxygen atoms in total. The highest BCUT2D eigenvalue weighted by molar-refractivity contribution is 6.31. The number of phenolic OH excluding ortho intramolecular Hbond substituents is 1. The van der Waals surface area contributed by atoms with E-state index in [4.69, 9.17) is 11.6 Å². The van der Waals surface area contributed by atoms with Gasteiger partial charge in [-0.15, -0.1) is 0 Å². The van der Waals surface area contributed by atoms with Crippen LogP contribution in [0, 0.1) is 12.7 Å². The number of benzene rings is 1. The van der Waals surface area contributed by atoms with Gasteiger partial charge in [-0.05, 0) is 32.4 Å². The van der Waals surface area contributed by atoms with E-state index in [-0.39, 0.29) is 10.6 Å². The van der Waals surface area contributed by atoms with Gasteiger partial charge in [0.1, 0.15) is 0 Å². The SMILES string of the molecule is Cc1c(Cl)cc(F)c(O)c1C(C)(C)O. The zero-order valence-electron chi connectivity index (χ0n) is 8.23. The van der Waals surface area contributed by atoms with E-state index in [1.165, 1.54) is 13.8 Å². The largest absolute Gasteiger partial charge is 0.505 e. The Balaban J connectivity index is 3.56. The van der Waals surface area contributed by atoms with Crippen molar-refractivity contribution in [2.45, 2.75) is 26.4 Å². The minimum Gasteiger partial charge on any atom is -0.505 e. The number of hydrogen-bond acceptors (Lipinski definition) is 2. The first-order chi connectivity index (χ1) is 6.25. The van der Waals surface area contributed by atoms with Gasteiger partial charge >= 0.3 is 0 Å². The summed E-state index contributed by atoms with van der Waals surface area (Å²) in [6.07, 6.45) is 0. The van der Waals surface area contributed by atoms with E-state index in [9.17, 15) is 14.6 Å². The number of halogens is 2. The molecule has 2 N–H and O–H groups in total. The molecule has 0 unspecified atom stereocenters. The number of hydrogen-bond donors (Lipinski definition) is 2. The normalized spacial score (nSPS) is 11.9. The standard InChI is InChI=1S/C10H12ClFO2/c1-5-6(11)4-7(12)9(13)8(5)10(2,3)14/h4,13-14H,1-3H3. The van der Waals surface area contributed by atoms with Crippen molar-refractivity contribution in [3.05, 3.63) is 28.0 Å². The molecule has 78 valence electrons. The lowest BCUT2D eigenvalue weighted by Gasteiger charge is -2.22. The summed E-state index contributed by atoms with van der Waals surface area (Å²) in [5.74, 6) is -1.36. The second-order valence-corrected chi connectivity index (χ2v) is 4.16.